The first kappa shape index (κ1) is 18.3. The van der Waals surface area contributed by atoms with E-state index >= 15 is 0 Å². The molecule has 6 heteroatoms. The zero-order valence-electron chi connectivity index (χ0n) is 13.9. The summed E-state index contributed by atoms with van der Waals surface area (Å²) in [5, 5.41) is 0.225. The number of hydrogen-bond acceptors (Lipinski definition) is 4. The van der Waals surface area contributed by atoms with Gasteiger partial charge in [-0.2, -0.15) is 0 Å². The Kier molecular flexibility index (Phi) is 5.81. The summed E-state index contributed by atoms with van der Waals surface area (Å²) in [4.78, 5) is 26.5. The van der Waals surface area contributed by atoms with Crippen LogP contribution in [0, 0.1) is 0 Å². The van der Waals surface area contributed by atoms with E-state index in [1.807, 2.05) is 30.3 Å². The van der Waals surface area contributed by atoms with Crippen LogP contribution in [0.5, 0.6) is 5.75 Å². The molecule has 1 aliphatic rings. The van der Waals surface area contributed by atoms with Crippen LogP contribution in [0.3, 0.4) is 0 Å². The Bertz CT molecular complexity index is 894. The fraction of sp³-hybridized carbons (Fsp3) is 0.100. The van der Waals surface area contributed by atoms with Crippen LogP contribution in [0.2, 0.25) is 5.02 Å². The molecule has 1 fully saturated rings. The van der Waals surface area contributed by atoms with Gasteiger partial charge in [-0.25, -0.2) is 0 Å². The molecule has 0 unspecified atom stereocenters. The topological polar surface area (TPSA) is 46.6 Å². The first-order valence-corrected chi connectivity index (χ1v) is 9.10. The number of ether oxygens (including phenoxy) is 1. The van der Waals surface area contributed by atoms with Crippen molar-refractivity contribution in [1.82, 2.24) is 4.90 Å². The molecular formula is C20H16ClNO3S. The number of amides is 2. The molecule has 2 aromatic rings. The Hall–Kier alpha value is -2.50. The predicted octanol–water partition coefficient (Wildman–Crippen LogP) is 5.14. The Balaban J connectivity index is 1.79. The highest BCUT2D eigenvalue weighted by Crippen LogP contribution is 2.34. The van der Waals surface area contributed by atoms with E-state index in [0.717, 1.165) is 22.9 Å². The minimum atomic E-state index is -0.322. The van der Waals surface area contributed by atoms with Crippen LogP contribution in [-0.2, 0) is 11.3 Å². The van der Waals surface area contributed by atoms with Crippen LogP contribution in [0.1, 0.15) is 11.1 Å². The molecule has 0 bridgehead atoms. The molecule has 4 nitrogen and oxygen atoms in total. The molecule has 0 N–H and O–H groups in total. The van der Waals surface area contributed by atoms with E-state index < -0.39 is 0 Å². The molecule has 0 atom stereocenters. The van der Waals surface area contributed by atoms with Crippen LogP contribution < -0.4 is 4.74 Å². The van der Waals surface area contributed by atoms with E-state index in [0.29, 0.717) is 22.3 Å². The Labute approximate surface area is 161 Å². The van der Waals surface area contributed by atoms with Crippen LogP contribution >= 0.6 is 23.4 Å². The molecule has 1 saturated heterocycles. The Morgan fingerprint density at radius 3 is 2.73 bits per heavy atom. The summed E-state index contributed by atoms with van der Waals surface area (Å²) in [6.45, 7) is 4.17. The van der Waals surface area contributed by atoms with E-state index in [9.17, 15) is 9.59 Å². The standard InChI is InChI=1S/C20H16ClNO3S/c1-2-10-25-16-8-5-6-14(11-16)12-18-19(23)22(20(24)26-18)13-15-7-3-4-9-17(15)21/h2-9,11-12H,1,10,13H2/b18-12-. The third-order valence-corrected chi connectivity index (χ3v) is 4.96. The molecule has 0 saturated carbocycles. The molecule has 3 rings (SSSR count). The lowest BCUT2D eigenvalue weighted by Crippen LogP contribution is -2.27. The monoisotopic (exact) mass is 385 g/mol. The first-order chi connectivity index (χ1) is 12.6. The summed E-state index contributed by atoms with van der Waals surface area (Å²) in [5.41, 5.74) is 1.52. The molecule has 1 heterocycles. The molecule has 132 valence electrons. The van der Waals surface area contributed by atoms with Crippen LogP contribution in [0.15, 0.2) is 66.1 Å². The number of carbonyl (C=O) groups is 2. The number of carbonyl (C=O) groups excluding carboxylic acids is 2. The highest BCUT2D eigenvalue weighted by molar-refractivity contribution is 8.18. The van der Waals surface area contributed by atoms with Crippen LogP contribution in [0.4, 0.5) is 4.79 Å². The fourth-order valence-electron chi connectivity index (χ4n) is 2.43. The van der Waals surface area contributed by atoms with Crippen molar-refractivity contribution in [2.75, 3.05) is 6.61 Å². The molecular weight excluding hydrogens is 370 g/mol. The third kappa shape index (κ3) is 4.18. The largest absolute Gasteiger partial charge is 0.490 e. The lowest BCUT2D eigenvalue weighted by atomic mass is 10.2. The van der Waals surface area contributed by atoms with E-state index in [2.05, 4.69) is 6.58 Å². The molecule has 26 heavy (non-hydrogen) atoms. The quantitative estimate of drug-likeness (QED) is 0.510. The molecule has 0 radical (unpaired) electrons. The van der Waals surface area contributed by atoms with Gasteiger partial charge in [0, 0.05) is 5.02 Å². The van der Waals surface area contributed by atoms with Crippen molar-refractivity contribution in [2.45, 2.75) is 6.54 Å². The Morgan fingerprint density at radius 2 is 1.96 bits per heavy atom. The highest BCUT2D eigenvalue weighted by Gasteiger charge is 2.35. The maximum atomic E-state index is 12.6. The van der Waals surface area contributed by atoms with Gasteiger partial charge in [0.1, 0.15) is 12.4 Å². The second-order valence-corrected chi connectivity index (χ2v) is 6.93. The zero-order valence-corrected chi connectivity index (χ0v) is 15.4. The van der Waals surface area contributed by atoms with Gasteiger partial charge in [-0.3, -0.25) is 14.5 Å². The maximum absolute atomic E-state index is 12.6. The predicted molar refractivity (Wildman–Crippen MR) is 105 cm³/mol. The summed E-state index contributed by atoms with van der Waals surface area (Å²) >= 11 is 7.06. The van der Waals surface area contributed by atoms with E-state index in [1.165, 1.54) is 4.90 Å². The number of imide groups is 1. The fourth-order valence-corrected chi connectivity index (χ4v) is 3.47. The van der Waals surface area contributed by atoms with Gasteiger partial charge in [-0.15, -0.1) is 0 Å². The van der Waals surface area contributed by atoms with Gasteiger partial charge in [0.15, 0.2) is 0 Å². The molecule has 0 aromatic heterocycles. The number of rotatable bonds is 6. The highest BCUT2D eigenvalue weighted by atomic mass is 35.5. The normalized spacial score (nSPS) is 15.6. The maximum Gasteiger partial charge on any atom is 0.293 e. The second-order valence-electron chi connectivity index (χ2n) is 5.53. The minimum Gasteiger partial charge on any atom is -0.490 e. The van der Waals surface area contributed by atoms with Gasteiger partial charge in [0.2, 0.25) is 0 Å². The summed E-state index contributed by atoms with van der Waals surface area (Å²) in [6.07, 6.45) is 3.35. The summed E-state index contributed by atoms with van der Waals surface area (Å²) in [6, 6.07) is 14.5. The number of thioether (sulfide) groups is 1. The van der Waals surface area contributed by atoms with E-state index in [1.54, 1.807) is 30.4 Å². The molecule has 0 aliphatic carbocycles. The average Bonchev–Trinajstić information content (AvgIpc) is 2.89. The van der Waals surface area contributed by atoms with Gasteiger partial charge < -0.3 is 4.74 Å². The number of benzene rings is 2. The van der Waals surface area contributed by atoms with Gasteiger partial charge in [-0.05, 0) is 47.2 Å². The Morgan fingerprint density at radius 1 is 1.15 bits per heavy atom. The molecule has 1 aliphatic heterocycles. The van der Waals surface area contributed by atoms with Gasteiger partial charge >= 0.3 is 0 Å². The molecule has 2 aromatic carbocycles. The SMILES string of the molecule is C=CCOc1cccc(/C=C2\SC(=O)N(Cc3ccccc3Cl)C2=O)c1. The lowest BCUT2D eigenvalue weighted by molar-refractivity contribution is -0.123. The summed E-state index contributed by atoms with van der Waals surface area (Å²) in [7, 11) is 0. The van der Waals surface area contributed by atoms with Crippen molar-refractivity contribution in [3.63, 3.8) is 0 Å². The van der Waals surface area contributed by atoms with E-state index in [-0.39, 0.29) is 17.7 Å². The van der Waals surface area contributed by atoms with Gasteiger partial charge in [0.05, 0.1) is 11.4 Å². The number of hydrogen-bond donors (Lipinski definition) is 0. The van der Waals surface area contributed by atoms with Crippen molar-refractivity contribution >= 4 is 40.6 Å². The van der Waals surface area contributed by atoms with Gasteiger partial charge in [0.25, 0.3) is 11.1 Å². The van der Waals surface area contributed by atoms with Gasteiger partial charge in [-0.1, -0.05) is 54.6 Å². The van der Waals surface area contributed by atoms with E-state index in [4.69, 9.17) is 16.3 Å². The van der Waals surface area contributed by atoms with Crippen molar-refractivity contribution in [3.05, 3.63) is 82.2 Å². The van der Waals surface area contributed by atoms with Crippen molar-refractivity contribution in [1.29, 1.82) is 0 Å². The number of halogens is 1. The second kappa shape index (κ2) is 8.25. The van der Waals surface area contributed by atoms with Crippen LogP contribution in [0.25, 0.3) is 6.08 Å². The average molecular weight is 386 g/mol. The molecule has 2 amide bonds. The zero-order chi connectivity index (χ0) is 18.5. The van der Waals surface area contributed by atoms with Crippen molar-refractivity contribution < 1.29 is 14.3 Å². The smallest absolute Gasteiger partial charge is 0.293 e. The number of nitrogens with zero attached hydrogens (tertiary/aromatic N) is 1. The van der Waals surface area contributed by atoms with Crippen molar-refractivity contribution in [3.8, 4) is 5.75 Å². The lowest BCUT2D eigenvalue weighted by Gasteiger charge is -2.13. The summed E-state index contributed by atoms with van der Waals surface area (Å²) < 4.78 is 5.49. The third-order valence-electron chi connectivity index (χ3n) is 3.68. The minimum absolute atomic E-state index is 0.157. The van der Waals surface area contributed by atoms with Crippen molar-refractivity contribution in [2.24, 2.45) is 0 Å². The first-order valence-electron chi connectivity index (χ1n) is 7.91. The van der Waals surface area contributed by atoms with Crippen LogP contribution in [-0.4, -0.2) is 22.7 Å². The molecule has 0 spiro atoms. The summed E-state index contributed by atoms with van der Waals surface area (Å²) in [5.74, 6) is 0.353.